The van der Waals surface area contributed by atoms with Crippen LogP contribution in [0, 0.1) is 11.3 Å². The molecule has 0 unspecified atom stereocenters. The molecular weight excluding hydrogens is 499 g/mol. The first-order chi connectivity index (χ1) is 17.7. The lowest BCUT2D eigenvalue weighted by Gasteiger charge is -2.20. The zero-order chi connectivity index (χ0) is 26.6. The minimum atomic E-state index is -4.35. The minimum absolute atomic E-state index is 0.130. The molecule has 0 fully saturated rings. The van der Waals surface area contributed by atoms with E-state index in [-0.39, 0.29) is 16.7 Å². The fourth-order valence-electron chi connectivity index (χ4n) is 4.16. The SMILES string of the molecule is CCN(CC)C(=O)Oc1ccc2c(ccn2Cc2cccc(SC(F)(F)F)c2)c1-c1ccc(C#N)cc1. The summed E-state index contributed by atoms with van der Waals surface area (Å²) in [6.45, 7) is 5.12. The van der Waals surface area contributed by atoms with E-state index in [4.69, 9.17) is 4.74 Å². The van der Waals surface area contributed by atoms with Gasteiger partial charge in [-0.2, -0.15) is 18.4 Å². The monoisotopic (exact) mass is 523 g/mol. The lowest BCUT2D eigenvalue weighted by atomic mass is 9.99. The van der Waals surface area contributed by atoms with Crippen LogP contribution in [0.25, 0.3) is 22.0 Å². The molecule has 1 heterocycles. The first-order valence-electron chi connectivity index (χ1n) is 11.7. The van der Waals surface area contributed by atoms with Crippen molar-refractivity contribution in [2.24, 2.45) is 0 Å². The average Bonchev–Trinajstić information content (AvgIpc) is 3.26. The number of nitriles is 1. The maximum atomic E-state index is 12.8. The summed E-state index contributed by atoms with van der Waals surface area (Å²) >= 11 is -0.137. The number of ether oxygens (including phenoxy) is 1. The molecule has 0 bridgehead atoms. The molecule has 1 amide bonds. The highest BCUT2D eigenvalue weighted by molar-refractivity contribution is 8.00. The highest BCUT2D eigenvalue weighted by Gasteiger charge is 2.29. The van der Waals surface area contributed by atoms with Crippen LogP contribution in [0.15, 0.2) is 77.8 Å². The maximum absolute atomic E-state index is 12.8. The van der Waals surface area contributed by atoms with Crippen molar-refractivity contribution in [3.05, 3.63) is 84.1 Å². The fourth-order valence-corrected chi connectivity index (χ4v) is 4.79. The Labute approximate surface area is 217 Å². The molecule has 0 aliphatic heterocycles. The lowest BCUT2D eigenvalue weighted by molar-refractivity contribution is -0.0328. The lowest BCUT2D eigenvalue weighted by Crippen LogP contribution is -2.33. The summed E-state index contributed by atoms with van der Waals surface area (Å²) in [5, 5.41) is 10.0. The van der Waals surface area contributed by atoms with Crippen LogP contribution in [0.4, 0.5) is 18.0 Å². The number of carbonyl (C=O) groups is 1. The van der Waals surface area contributed by atoms with Crippen molar-refractivity contribution in [1.29, 1.82) is 5.26 Å². The summed E-state index contributed by atoms with van der Waals surface area (Å²) < 4.78 is 46.3. The minimum Gasteiger partial charge on any atom is -0.410 e. The molecule has 0 saturated heterocycles. The number of halogens is 3. The van der Waals surface area contributed by atoms with E-state index in [1.165, 1.54) is 12.1 Å². The molecule has 0 radical (unpaired) electrons. The van der Waals surface area contributed by atoms with E-state index in [9.17, 15) is 23.2 Å². The molecule has 0 atom stereocenters. The van der Waals surface area contributed by atoms with Gasteiger partial charge in [0.1, 0.15) is 5.75 Å². The number of amides is 1. The van der Waals surface area contributed by atoms with E-state index in [0.717, 1.165) is 22.0 Å². The molecule has 0 aliphatic carbocycles. The topological polar surface area (TPSA) is 58.3 Å². The second kappa shape index (κ2) is 11.0. The Hall–Kier alpha value is -3.90. The van der Waals surface area contributed by atoms with Crippen LogP contribution in [-0.4, -0.2) is 34.2 Å². The summed E-state index contributed by atoms with van der Waals surface area (Å²) in [4.78, 5) is 14.4. The van der Waals surface area contributed by atoms with Gasteiger partial charge >= 0.3 is 11.6 Å². The van der Waals surface area contributed by atoms with Gasteiger partial charge in [-0.15, -0.1) is 0 Å². The Kier molecular flexibility index (Phi) is 7.79. The van der Waals surface area contributed by atoms with E-state index in [1.807, 2.05) is 36.7 Å². The van der Waals surface area contributed by atoms with E-state index < -0.39 is 11.6 Å². The number of thioether (sulfide) groups is 1. The summed E-state index contributed by atoms with van der Waals surface area (Å²) in [5.41, 5.74) is -0.824. The van der Waals surface area contributed by atoms with Crippen LogP contribution in [0.2, 0.25) is 0 Å². The second-order valence-corrected chi connectivity index (χ2v) is 9.38. The highest BCUT2D eigenvalue weighted by Crippen LogP contribution is 2.39. The standard InChI is InChI=1S/C28H24F3N3O2S/c1-3-33(4-2)27(35)36-25-13-12-24-23(26(25)21-10-8-19(17-32)9-11-21)14-15-34(24)18-20-6-5-7-22(16-20)37-28(29,30)31/h5-16H,3-4,18H2,1-2H3. The summed E-state index contributed by atoms with van der Waals surface area (Å²) in [6, 6.07) is 20.9. The third kappa shape index (κ3) is 6.09. The number of hydrogen-bond donors (Lipinski definition) is 0. The second-order valence-electron chi connectivity index (χ2n) is 8.24. The molecule has 4 aromatic rings. The average molecular weight is 524 g/mol. The van der Waals surface area contributed by atoms with Gasteiger partial charge in [0.15, 0.2) is 0 Å². The number of carbonyl (C=O) groups excluding carboxylic acids is 1. The van der Waals surface area contributed by atoms with E-state index in [2.05, 4.69) is 6.07 Å². The molecule has 0 N–H and O–H groups in total. The van der Waals surface area contributed by atoms with E-state index in [0.29, 0.717) is 36.5 Å². The number of fused-ring (bicyclic) bond motifs is 1. The molecule has 190 valence electrons. The van der Waals surface area contributed by atoms with Gasteiger partial charge in [0, 0.05) is 47.2 Å². The normalized spacial score (nSPS) is 11.4. The molecule has 1 aromatic heterocycles. The predicted octanol–water partition coefficient (Wildman–Crippen LogP) is 7.68. The largest absolute Gasteiger partial charge is 0.446 e. The van der Waals surface area contributed by atoms with Crippen LogP contribution >= 0.6 is 11.8 Å². The van der Waals surface area contributed by atoms with Crippen LogP contribution in [-0.2, 0) is 6.54 Å². The van der Waals surface area contributed by atoms with Crippen molar-refractivity contribution in [3.63, 3.8) is 0 Å². The first kappa shape index (κ1) is 26.2. The van der Waals surface area contributed by atoms with Crippen molar-refractivity contribution < 1.29 is 22.7 Å². The Morgan fingerprint density at radius 2 is 1.78 bits per heavy atom. The van der Waals surface area contributed by atoms with Gasteiger partial charge < -0.3 is 14.2 Å². The van der Waals surface area contributed by atoms with Crippen LogP contribution < -0.4 is 4.74 Å². The fraction of sp³-hybridized carbons (Fsp3) is 0.214. The number of hydrogen-bond acceptors (Lipinski definition) is 4. The van der Waals surface area contributed by atoms with E-state index >= 15 is 0 Å². The van der Waals surface area contributed by atoms with Gasteiger partial charge in [0.05, 0.1) is 11.6 Å². The molecule has 0 saturated carbocycles. The summed E-state index contributed by atoms with van der Waals surface area (Å²) in [5.74, 6) is 0.385. The number of nitrogens with zero attached hydrogens (tertiary/aromatic N) is 3. The number of benzene rings is 3. The Balaban J connectivity index is 1.76. The van der Waals surface area contributed by atoms with Gasteiger partial charge in [0.2, 0.25) is 0 Å². The van der Waals surface area contributed by atoms with Gasteiger partial charge in [-0.25, -0.2) is 4.79 Å². The molecule has 0 spiro atoms. The van der Waals surface area contributed by atoms with Gasteiger partial charge in [-0.3, -0.25) is 0 Å². The van der Waals surface area contributed by atoms with Gasteiger partial charge in [-0.1, -0.05) is 24.3 Å². The van der Waals surface area contributed by atoms with Crippen molar-refractivity contribution in [2.45, 2.75) is 30.8 Å². The van der Waals surface area contributed by atoms with Gasteiger partial charge in [0.25, 0.3) is 0 Å². The zero-order valence-corrected chi connectivity index (χ0v) is 21.1. The third-order valence-electron chi connectivity index (χ3n) is 5.92. The maximum Gasteiger partial charge on any atom is 0.446 e. The quantitative estimate of drug-likeness (QED) is 0.233. The summed E-state index contributed by atoms with van der Waals surface area (Å²) in [6.07, 6.45) is 1.40. The summed E-state index contributed by atoms with van der Waals surface area (Å²) in [7, 11) is 0. The van der Waals surface area contributed by atoms with Crippen LogP contribution in [0.5, 0.6) is 5.75 Å². The molecule has 0 aliphatic rings. The molecule has 9 heteroatoms. The number of alkyl halides is 3. The molecular formula is C28H24F3N3O2S. The Morgan fingerprint density at radius 1 is 1.05 bits per heavy atom. The van der Waals surface area contributed by atoms with Crippen LogP contribution in [0.3, 0.4) is 0 Å². The predicted molar refractivity (Wildman–Crippen MR) is 138 cm³/mol. The Bertz CT molecular complexity index is 1450. The van der Waals surface area contributed by atoms with Crippen molar-refractivity contribution in [2.75, 3.05) is 13.1 Å². The van der Waals surface area contributed by atoms with E-state index in [1.54, 1.807) is 47.4 Å². The van der Waals surface area contributed by atoms with Crippen molar-refractivity contribution in [1.82, 2.24) is 9.47 Å². The number of rotatable bonds is 7. The zero-order valence-electron chi connectivity index (χ0n) is 20.2. The first-order valence-corrected chi connectivity index (χ1v) is 12.5. The van der Waals surface area contributed by atoms with Crippen LogP contribution in [0.1, 0.15) is 25.0 Å². The molecule has 37 heavy (non-hydrogen) atoms. The van der Waals surface area contributed by atoms with Crippen molar-refractivity contribution >= 4 is 28.8 Å². The smallest absolute Gasteiger partial charge is 0.410 e. The highest BCUT2D eigenvalue weighted by atomic mass is 32.2. The Morgan fingerprint density at radius 3 is 2.43 bits per heavy atom. The molecule has 3 aromatic carbocycles. The van der Waals surface area contributed by atoms with Gasteiger partial charge in [-0.05, 0) is 79.2 Å². The molecule has 4 rings (SSSR count). The number of aromatic nitrogens is 1. The third-order valence-corrected chi connectivity index (χ3v) is 6.64. The van der Waals surface area contributed by atoms with Crippen molar-refractivity contribution in [3.8, 4) is 22.9 Å². The molecule has 5 nitrogen and oxygen atoms in total.